The molecule has 5 heteroatoms. The topological polar surface area (TPSA) is 70.8 Å². The molecular formula is C14H18N2O2S. The van der Waals surface area contributed by atoms with Gasteiger partial charge in [0.25, 0.3) is 0 Å². The van der Waals surface area contributed by atoms with E-state index in [9.17, 15) is 8.42 Å². The molecule has 102 valence electrons. The highest BCUT2D eigenvalue weighted by Gasteiger charge is 2.31. The first-order valence-corrected chi connectivity index (χ1v) is 8.28. The van der Waals surface area contributed by atoms with Crippen molar-refractivity contribution in [2.24, 2.45) is 0 Å². The van der Waals surface area contributed by atoms with Crippen LogP contribution in [-0.2, 0) is 16.3 Å². The molecule has 2 rings (SSSR count). The van der Waals surface area contributed by atoms with Gasteiger partial charge in [-0.15, -0.1) is 0 Å². The number of aryl methyl sites for hydroxylation is 1. The molecular weight excluding hydrogens is 260 g/mol. The number of sulfone groups is 1. The summed E-state index contributed by atoms with van der Waals surface area (Å²) in [5, 5.41) is 8.78. The second-order valence-corrected chi connectivity index (χ2v) is 7.12. The van der Waals surface area contributed by atoms with Crippen molar-refractivity contribution in [3.8, 4) is 6.07 Å². The standard InChI is InChI=1S/C14H18N2O2S/c1-2-11-8-9-14(13(10-15)16-11)19(17,18)12-6-4-3-5-7-12/h8-9,12H,2-7H2,1H3. The van der Waals surface area contributed by atoms with Crippen LogP contribution in [0.15, 0.2) is 17.0 Å². The summed E-state index contributed by atoms with van der Waals surface area (Å²) in [6.07, 6.45) is 5.09. The summed E-state index contributed by atoms with van der Waals surface area (Å²) in [6, 6.07) is 5.18. The fourth-order valence-corrected chi connectivity index (χ4v) is 4.48. The van der Waals surface area contributed by atoms with Crippen LogP contribution in [0, 0.1) is 11.3 Å². The average molecular weight is 278 g/mol. The van der Waals surface area contributed by atoms with Gasteiger partial charge in [0, 0.05) is 5.69 Å². The van der Waals surface area contributed by atoms with Crippen LogP contribution in [0.25, 0.3) is 0 Å². The molecule has 4 nitrogen and oxygen atoms in total. The smallest absolute Gasteiger partial charge is 0.184 e. The quantitative estimate of drug-likeness (QED) is 0.852. The molecule has 0 aliphatic heterocycles. The normalized spacial score (nSPS) is 17.1. The minimum Gasteiger partial charge on any atom is -0.241 e. The summed E-state index contributed by atoms with van der Waals surface area (Å²) < 4.78 is 25.2. The molecule has 0 amide bonds. The fourth-order valence-electron chi connectivity index (χ4n) is 2.55. The largest absolute Gasteiger partial charge is 0.241 e. The van der Waals surface area contributed by atoms with Gasteiger partial charge in [-0.05, 0) is 31.4 Å². The van der Waals surface area contributed by atoms with E-state index in [1.807, 2.05) is 13.0 Å². The third kappa shape index (κ3) is 2.79. The van der Waals surface area contributed by atoms with E-state index in [1.165, 1.54) is 0 Å². The third-order valence-electron chi connectivity index (χ3n) is 3.68. The lowest BCUT2D eigenvalue weighted by atomic mass is 10.0. The van der Waals surface area contributed by atoms with Crippen molar-refractivity contribution in [2.45, 2.75) is 55.6 Å². The first kappa shape index (κ1) is 14.0. The number of aromatic nitrogens is 1. The van der Waals surface area contributed by atoms with E-state index in [0.717, 1.165) is 25.0 Å². The molecule has 1 fully saturated rings. The predicted octanol–water partition coefficient (Wildman–Crippen LogP) is 2.62. The average Bonchev–Trinajstić information content (AvgIpc) is 2.47. The van der Waals surface area contributed by atoms with Crippen LogP contribution in [0.1, 0.15) is 50.4 Å². The first-order valence-electron chi connectivity index (χ1n) is 6.73. The Bertz CT molecular complexity index is 596. The number of hydrogen-bond acceptors (Lipinski definition) is 4. The van der Waals surface area contributed by atoms with Gasteiger partial charge in [0.15, 0.2) is 15.5 Å². The van der Waals surface area contributed by atoms with Gasteiger partial charge in [-0.1, -0.05) is 26.2 Å². The third-order valence-corrected chi connectivity index (χ3v) is 5.97. The first-order chi connectivity index (χ1) is 9.09. The van der Waals surface area contributed by atoms with E-state index in [1.54, 1.807) is 12.1 Å². The van der Waals surface area contributed by atoms with Gasteiger partial charge in [0.1, 0.15) is 11.0 Å². The maximum Gasteiger partial charge on any atom is 0.184 e. The molecule has 1 aliphatic carbocycles. The van der Waals surface area contributed by atoms with Crippen LogP contribution in [0.4, 0.5) is 0 Å². The molecule has 0 bridgehead atoms. The summed E-state index contributed by atoms with van der Waals surface area (Å²) >= 11 is 0. The number of nitriles is 1. The molecule has 1 aromatic heterocycles. The molecule has 0 radical (unpaired) electrons. The maximum atomic E-state index is 12.6. The molecule has 1 heterocycles. The summed E-state index contributed by atoms with van der Waals surface area (Å²) in [4.78, 5) is 4.24. The molecule has 0 N–H and O–H groups in total. The molecule has 0 aromatic carbocycles. The second kappa shape index (κ2) is 5.70. The molecule has 0 saturated heterocycles. The Morgan fingerprint density at radius 1 is 1.32 bits per heavy atom. The van der Waals surface area contributed by atoms with E-state index in [2.05, 4.69) is 4.98 Å². The SMILES string of the molecule is CCc1ccc(S(=O)(=O)C2CCCCC2)c(C#N)n1. The number of rotatable bonds is 3. The highest BCUT2D eigenvalue weighted by atomic mass is 32.2. The summed E-state index contributed by atoms with van der Waals surface area (Å²) in [7, 11) is -3.41. The molecule has 0 unspecified atom stereocenters. The Labute approximate surface area is 114 Å². The van der Waals surface area contributed by atoms with E-state index in [0.29, 0.717) is 19.3 Å². The monoisotopic (exact) mass is 278 g/mol. The minimum absolute atomic E-state index is 0.0462. The number of pyridine rings is 1. The molecule has 1 aliphatic rings. The zero-order valence-corrected chi connectivity index (χ0v) is 11.9. The highest BCUT2D eigenvalue weighted by molar-refractivity contribution is 7.92. The maximum absolute atomic E-state index is 12.6. The van der Waals surface area contributed by atoms with Crippen molar-refractivity contribution in [3.63, 3.8) is 0 Å². The van der Waals surface area contributed by atoms with Gasteiger partial charge in [0.05, 0.1) is 5.25 Å². The molecule has 1 saturated carbocycles. The van der Waals surface area contributed by atoms with Crippen LogP contribution < -0.4 is 0 Å². The zero-order valence-electron chi connectivity index (χ0n) is 11.1. The minimum atomic E-state index is -3.41. The summed E-state index contributed by atoms with van der Waals surface area (Å²) in [5.74, 6) is 0. The van der Waals surface area contributed by atoms with Crippen molar-refractivity contribution in [2.75, 3.05) is 0 Å². The van der Waals surface area contributed by atoms with Crippen LogP contribution in [0.3, 0.4) is 0 Å². The van der Waals surface area contributed by atoms with E-state index in [4.69, 9.17) is 5.26 Å². The van der Waals surface area contributed by atoms with Gasteiger partial charge in [-0.2, -0.15) is 5.26 Å². The Hall–Kier alpha value is -1.41. The van der Waals surface area contributed by atoms with Gasteiger partial charge < -0.3 is 0 Å². The molecule has 19 heavy (non-hydrogen) atoms. The molecule has 0 spiro atoms. The summed E-state index contributed by atoms with van der Waals surface area (Å²) in [6.45, 7) is 1.93. The number of hydrogen-bond donors (Lipinski definition) is 0. The van der Waals surface area contributed by atoms with Gasteiger partial charge in [-0.25, -0.2) is 13.4 Å². The Morgan fingerprint density at radius 3 is 2.58 bits per heavy atom. The Kier molecular flexibility index (Phi) is 4.20. The van der Waals surface area contributed by atoms with Gasteiger partial charge in [0.2, 0.25) is 0 Å². The van der Waals surface area contributed by atoms with E-state index >= 15 is 0 Å². The van der Waals surface area contributed by atoms with Crippen LogP contribution in [0.5, 0.6) is 0 Å². The number of nitrogens with zero attached hydrogens (tertiary/aromatic N) is 2. The van der Waals surface area contributed by atoms with E-state index in [-0.39, 0.29) is 15.8 Å². The second-order valence-electron chi connectivity index (χ2n) is 4.92. The van der Waals surface area contributed by atoms with E-state index < -0.39 is 9.84 Å². The Balaban J connectivity index is 2.42. The fraction of sp³-hybridized carbons (Fsp3) is 0.571. The van der Waals surface area contributed by atoms with Crippen LogP contribution in [0.2, 0.25) is 0 Å². The zero-order chi connectivity index (χ0) is 13.9. The van der Waals surface area contributed by atoms with Crippen molar-refractivity contribution < 1.29 is 8.42 Å². The lowest BCUT2D eigenvalue weighted by molar-refractivity contribution is 0.483. The van der Waals surface area contributed by atoms with Crippen LogP contribution >= 0.6 is 0 Å². The van der Waals surface area contributed by atoms with Crippen molar-refractivity contribution in [1.82, 2.24) is 4.98 Å². The lowest BCUT2D eigenvalue weighted by Crippen LogP contribution is -2.25. The molecule has 0 atom stereocenters. The predicted molar refractivity (Wildman–Crippen MR) is 72.4 cm³/mol. The van der Waals surface area contributed by atoms with Gasteiger partial charge >= 0.3 is 0 Å². The van der Waals surface area contributed by atoms with Crippen molar-refractivity contribution in [3.05, 3.63) is 23.5 Å². The summed E-state index contributed by atoms with van der Waals surface area (Å²) in [5.41, 5.74) is 0.795. The van der Waals surface area contributed by atoms with Crippen LogP contribution in [-0.4, -0.2) is 18.7 Å². The Morgan fingerprint density at radius 2 is 2.00 bits per heavy atom. The van der Waals surface area contributed by atoms with Crippen molar-refractivity contribution >= 4 is 9.84 Å². The van der Waals surface area contributed by atoms with Crippen molar-refractivity contribution in [1.29, 1.82) is 5.26 Å². The van der Waals surface area contributed by atoms with Gasteiger partial charge in [-0.3, -0.25) is 0 Å². The highest BCUT2D eigenvalue weighted by Crippen LogP contribution is 2.29. The lowest BCUT2D eigenvalue weighted by Gasteiger charge is -2.22. The molecule has 1 aromatic rings.